The number of amides is 1. The molecule has 0 saturated heterocycles. The van der Waals surface area contributed by atoms with Crippen LogP contribution in [-0.4, -0.2) is 39.8 Å². The van der Waals surface area contributed by atoms with Crippen molar-refractivity contribution in [3.05, 3.63) is 117 Å². The zero-order chi connectivity index (χ0) is 28.7. The summed E-state index contributed by atoms with van der Waals surface area (Å²) in [6, 6.07) is 14.1. The number of carbonyl (C=O) groups is 1. The second kappa shape index (κ2) is 10.2. The second-order valence-electron chi connectivity index (χ2n) is 9.79. The fraction of sp³-hybridized carbons (Fsp3) is 0.161. The number of rotatable bonds is 4. The Hall–Kier alpha value is -5.56. The van der Waals surface area contributed by atoms with Gasteiger partial charge in [-0.15, -0.1) is 0 Å². The van der Waals surface area contributed by atoms with Crippen molar-refractivity contribution in [2.45, 2.75) is 26.8 Å². The third-order valence-electron chi connectivity index (χ3n) is 6.86. The molecule has 41 heavy (non-hydrogen) atoms. The number of nitrogens with zero attached hydrogens (tertiary/aromatic N) is 7. The maximum atomic E-state index is 14.3. The summed E-state index contributed by atoms with van der Waals surface area (Å²) in [5.74, 6) is 6.26. The van der Waals surface area contributed by atoms with Gasteiger partial charge in [0.2, 0.25) is 0 Å². The smallest absolute Gasteiger partial charge is 0.267 e. The van der Waals surface area contributed by atoms with E-state index in [4.69, 9.17) is 4.98 Å². The SMILES string of the molecule is Cc1ccccc1-n1c(C(C)NC(=O)c2c(C)nn3cccnc23)nc2cccc(C#Cc3cnn(C)c3)c2c1=O. The number of aromatic nitrogens is 7. The van der Waals surface area contributed by atoms with E-state index < -0.39 is 6.04 Å². The third kappa shape index (κ3) is 4.63. The van der Waals surface area contributed by atoms with Crippen LogP contribution < -0.4 is 10.9 Å². The van der Waals surface area contributed by atoms with Gasteiger partial charge in [0.1, 0.15) is 11.4 Å². The molecule has 0 radical (unpaired) electrons. The Labute approximate surface area is 235 Å². The predicted molar refractivity (Wildman–Crippen MR) is 155 cm³/mol. The van der Waals surface area contributed by atoms with Crippen molar-refractivity contribution < 1.29 is 4.79 Å². The van der Waals surface area contributed by atoms with E-state index in [-0.39, 0.29) is 11.5 Å². The summed E-state index contributed by atoms with van der Waals surface area (Å²) >= 11 is 0. The lowest BCUT2D eigenvalue weighted by molar-refractivity contribution is 0.0938. The molecular weight excluding hydrogens is 516 g/mol. The summed E-state index contributed by atoms with van der Waals surface area (Å²) < 4.78 is 4.81. The summed E-state index contributed by atoms with van der Waals surface area (Å²) in [7, 11) is 1.82. The van der Waals surface area contributed by atoms with Crippen molar-refractivity contribution >= 4 is 22.5 Å². The molecule has 0 spiro atoms. The van der Waals surface area contributed by atoms with Crippen LogP contribution in [-0.2, 0) is 7.05 Å². The van der Waals surface area contributed by atoms with Gasteiger partial charge >= 0.3 is 0 Å². The molecule has 10 nitrogen and oxygen atoms in total. The van der Waals surface area contributed by atoms with Crippen LogP contribution in [0.4, 0.5) is 0 Å². The highest BCUT2D eigenvalue weighted by Crippen LogP contribution is 2.23. The van der Waals surface area contributed by atoms with E-state index in [0.717, 1.165) is 11.1 Å². The van der Waals surface area contributed by atoms with Crippen LogP contribution in [0.25, 0.3) is 22.2 Å². The molecule has 0 bridgehead atoms. The first-order chi connectivity index (χ1) is 19.8. The van der Waals surface area contributed by atoms with E-state index in [2.05, 4.69) is 32.3 Å². The van der Waals surface area contributed by atoms with Crippen molar-refractivity contribution in [1.82, 2.24) is 39.2 Å². The van der Waals surface area contributed by atoms with Gasteiger partial charge in [-0.05, 0) is 50.6 Å². The standard InChI is InChI=1S/C31H26N8O2/c1-19-9-5-6-12-25(19)39-28(21(3)34-30(40)26-20(2)36-38-16-8-15-32-29(26)38)35-24-11-7-10-23(27(24)31(39)41)14-13-22-17-33-37(4)18-22/h5-12,15-18,21H,1-4H3,(H,34,40). The van der Waals surface area contributed by atoms with Crippen LogP contribution in [0.3, 0.4) is 0 Å². The molecule has 2 aromatic carbocycles. The first-order valence-corrected chi connectivity index (χ1v) is 13.0. The van der Waals surface area contributed by atoms with E-state index >= 15 is 0 Å². The molecule has 6 rings (SSSR count). The highest BCUT2D eigenvalue weighted by Gasteiger charge is 2.24. The molecule has 0 aliphatic heterocycles. The van der Waals surface area contributed by atoms with Gasteiger partial charge in [-0.1, -0.05) is 36.1 Å². The van der Waals surface area contributed by atoms with Crippen LogP contribution in [0.1, 0.15) is 51.5 Å². The van der Waals surface area contributed by atoms with Gasteiger partial charge in [-0.25, -0.2) is 14.5 Å². The maximum Gasteiger partial charge on any atom is 0.267 e. The lowest BCUT2D eigenvalue weighted by Crippen LogP contribution is -2.34. The zero-order valence-corrected chi connectivity index (χ0v) is 23.0. The molecule has 1 unspecified atom stereocenters. The fourth-order valence-electron chi connectivity index (χ4n) is 4.91. The Kier molecular flexibility index (Phi) is 6.40. The number of aryl methyl sites for hydroxylation is 3. The molecule has 202 valence electrons. The number of carbonyl (C=O) groups excluding carboxylic acids is 1. The molecule has 0 saturated carbocycles. The van der Waals surface area contributed by atoms with Crippen LogP contribution in [0.5, 0.6) is 0 Å². The zero-order valence-electron chi connectivity index (χ0n) is 23.0. The topological polar surface area (TPSA) is 112 Å². The minimum Gasteiger partial charge on any atom is -0.342 e. The van der Waals surface area contributed by atoms with Crippen molar-refractivity contribution in [2.75, 3.05) is 0 Å². The summed E-state index contributed by atoms with van der Waals surface area (Å²) in [5.41, 5.74) is 4.44. The first kappa shape index (κ1) is 25.7. The molecule has 0 aliphatic rings. The summed E-state index contributed by atoms with van der Waals surface area (Å²) in [4.78, 5) is 37.1. The minimum absolute atomic E-state index is 0.273. The van der Waals surface area contributed by atoms with E-state index in [0.29, 0.717) is 44.9 Å². The Morgan fingerprint density at radius 3 is 2.66 bits per heavy atom. The summed E-state index contributed by atoms with van der Waals surface area (Å²) in [6.07, 6.45) is 6.84. The van der Waals surface area contributed by atoms with Crippen molar-refractivity contribution in [3.63, 3.8) is 0 Å². The van der Waals surface area contributed by atoms with E-state index in [1.165, 1.54) is 0 Å². The summed E-state index contributed by atoms with van der Waals surface area (Å²) in [6.45, 7) is 5.50. The molecule has 1 amide bonds. The van der Waals surface area contributed by atoms with Gasteiger partial charge < -0.3 is 5.32 Å². The van der Waals surface area contributed by atoms with Gasteiger partial charge in [-0.3, -0.25) is 18.8 Å². The van der Waals surface area contributed by atoms with Crippen molar-refractivity contribution in [2.24, 2.45) is 7.05 Å². The first-order valence-electron chi connectivity index (χ1n) is 13.0. The molecule has 1 atom stereocenters. The Balaban J connectivity index is 1.50. The van der Waals surface area contributed by atoms with Crippen LogP contribution in [0.2, 0.25) is 0 Å². The fourth-order valence-corrected chi connectivity index (χ4v) is 4.91. The monoisotopic (exact) mass is 542 g/mol. The lowest BCUT2D eigenvalue weighted by atomic mass is 10.1. The average Bonchev–Trinajstić information content (AvgIpc) is 3.53. The van der Waals surface area contributed by atoms with Crippen molar-refractivity contribution in [3.8, 4) is 17.5 Å². The lowest BCUT2D eigenvalue weighted by Gasteiger charge is -2.21. The van der Waals surface area contributed by atoms with Crippen LogP contribution in [0, 0.1) is 25.7 Å². The van der Waals surface area contributed by atoms with Gasteiger partial charge in [0.25, 0.3) is 11.5 Å². The van der Waals surface area contributed by atoms with E-state index in [1.807, 2.05) is 56.6 Å². The molecule has 4 aromatic heterocycles. The maximum absolute atomic E-state index is 14.3. The predicted octanol–water partition coefficient (Wildman–Crippen LogP) is 3.67. The molecular formula is C31H26N8O2. The molecule has 0 aliphatic carbocycles. The molecule has 6 aromatic rings. The number of benzene rings is 2. The Morgan fingerprint density at radius 1 is 1.05 bits per heavy atom. The Morgan fingerprint density at radius 2 is 1.88 bits per heavy atom. The molecule has 10 heteroatoms. The van der Waals surface area contributed by atoms with Gasteiger partial charge in [0.15, 0.2) is 5.65 Å². The van der Waals surface area contributed by atoms with Crippen molar-refractivity contribution in [1.29, 1.82) is 0 Å². The second-order valence-corrected chi connectivity index (χ2v) is 9.79. The van der Waals surface area contributed by atoms with Gasteiger partial charge in [0, 0.05) is 31.2 Å². The van der Waals surface area contributed by atoms with Crippen LogP contribution >= 0.6 is 0 Å². The third-order valence-corrected chi connectivity index (χ3v) is 6.86. The van der Waals surface area contributed by atoms with Crippen LogP contribution in [0.15, 0.2) is 78.1 Å². The van der Waals surface area contributed by atoms with Gasteiger partial charge in [-0.2, -0.15) is 10.2 Å². The molecule has 1 N–H and O–H groups in total. The number of fused-ring (bicyclic) bond motifs is 2. The highest BCUT2D eigenvalue weighted by molar-refractivity contribution is 6.01. The number of para-hydroxylation sites is 1. The quantitative estimate of drug-likeness (QED) is 0.340. The van der Waals surface area contributed by atoms with E-state index in [1.54, 1.807) is 58.3 Å². The van der Waals surface area contributed by atoms with Gasteiger partial charge in [0.05, 0.1) is 40.1 Å². The number of hydrogen-bond donors (Lipinski definition) is 1. The number of hydrogen-bond acceptors (Lipinski definition) is 6. The molecule has 0 fully saturated rings. The number of nitrogens with one attached hydrogen (secondary N) is 1. The normalized spacial score (nSPS) is 11.8. The summed E-state index contributed by atoms with van der Waals surface area (Å²) in [5, 5.41) is 12.0. The minimum atomic E-state index is -0.637. The van der Waals surface area contributed by atoms with E-state index in [9.17, 15) is 9.59 Å². The molecule has 4 heterocycles. The Bertz CT molecular complexity index is 2090. The largest absolute Gasteiger partial charge is 0.342 e. The highest BCUT2D eigenvalue weighted by atomic mass is 16.2. The average molecular weight is 543 g/mol.